The van der Waals surface area contributed by atoms with Gasteiger partial charge in [-0.05, 0) is 43.6 Å². The molecule has 1 N–H and O–H groups in total. The Labute approximate surface area is 121 Å². The molecule has 1 atom stereocenters. The van der Waals surface area contributed by atoms with Gasteiger partial charge in [-0.1, -0.05) is 23.9 Å². The summed E-state index contributed by atoms with van der Waals surface area (Å²) in [6.07, 6.45) is 2.03. The predicted octanol–water partition coefficient (Wildman–Crippen LogP) is 3.27. The number of nitrogens with zero attached hydrogens (tertiary/aromatic N) is 2. The van der Waals surface area contributed by atoms with E-state index in [2.05, 4.69) is 21.8 Å². The van der Waals surface area contributed by atoms with Crippen molar-refractivity contribution >= 4 is 11.5 Å². The van der Waals surface area contributed by atoms with Crippen molar-refractivity contribution in [3.8, 4) is 0 Å². The molecule has 1 unspecified atom stereocenters. The Morgan fingerprint density at radius 2 is 2.00 bits per heavy atom. The molecule has 1 aromatic carbocycles. The fourth-order valence-corrected chi connectivity index (χ4v) is 2.95. The highest BCUT2D eigenvalue weighted by Gasteiger charge is 2.21. The van der Waals surface area contributed by atoms with Crippen LogP contribution in [0.1, 0.15) is 35.5 Å². The smallest absolute Gasteiger partial charge is 0.129 e. The van der Waals surface area contributed by atoms with E-state index < -0.39 is 11.6 Å². The number of halogens is 2. The van der Waals surface area contributed by atoms with Gasteiger partial charge >= 0.3 is 0 Å². The first kappa shape index (κ1) is 15.0. The van der Waals surface area contributed by atoms with Gasteiger partial charge in [-0.25, -0.2) is 8.78 Å². The molecule has 108 valence electrons. The number of benzene rings is 1. The molecule has 0 aliphatic carbocycles. The summed E-state index contributed by atoms with van der Waals surface area (Å²) in [6.45, 7) is 2.06. The summed E-state index contributed by atoms with van der Waals surface area (Å²) >= 11 is 1.28. The van der Waals surface area contributed by atoms with E-state index in [1.165, 1.54) is 29.7 Å². The van der Waals surface area contributed by atoms with Crippen LogP contribution in [-0.2, 0) is 12.8 Å². The topological polar surface area (TPSA) is 37.8 Å². The number of hydrogen-bond acceptors (Lipinski definition) is 4. The lowest BCUT2D eigenvalue weighted by atomic mass is 10.0. The minimum absolute atomic E-state index is 0.0997. The maximum absolute atomic E-state index is 13.7. The van der Waals surface area contributed by atoms with Gasteiger partial charge in [0.2, 0.25) is 0 Å². The van der Waals surface area contributed by atoms with E-state index in [9.17, 15) is 8.78 Å². The zero-order valence-electron chi connectivity index (χ0n) is 11.5. The van der Waals surface area contributed by atoms with Crippen LogP contribution in [0, 0.1) is 11.6 Å². The number of aromatic nitrogens is 2. The van der Waals surface area contributed by atoms with Gasteiger partial charge in [0.15, 0.2) is 0 Å². The number of rotatable bonds is 6. The van der Waals surface area contributed by atoms with Gasteiger partial charge in [0.05, 0.1) is 10.6 Å². The molecular formula is C14H17F2N3S. The molecule has 0 spiro atoms. The Morgan fingerprint density at radius 1 is 1.30 bits per heavy atom. The van der Waals surface area contributed by atoms with E-state index in [1.54, 1.807) is 7.05 Å². The van der Waals surface area contributed by atoms with Gasteiger partial charge in [0, 0.05) is 11.6 Å². The van der Waals surface area contributed by atoms with Crippen molar-refractivity contribution in [2.45, 2.75) is 32.2 Å². The number of nitrogens with one attached hydrogen (secondary N) is 1. The zero-order chi connectivity index (χ0) is 14.5. The van der Waals surface area contributed by atoms with Crippen molar-refractivity contribution in [3.05, 3.63) is 46.0 Å². The molecule has 0 saturated carbocycles. The van der Waals surface area contributed by atoms with Crippen LogP contribution in [0.3, 0.4) is 0 Å². The fraction of sp³-hybridized carbons (Fsp3) is 0.429. The Hall–Kier alpha value is -1.40. The molecule has 2 rings (SSSR count). The third-order valence-corrected chi connectivity index (χ3v) is 4.09. The minimum atomic E-state index is -0.514. The van der Waals surface area contributed by atoms with Gasteiger partial charge in [-0.2, -0.15) is 0 Å². The second-order valence-electron chi connectivity index (χ2n) is 4.58. The molecule has 0 amide bonds. The average molecular weight is 297 g/mol. The molecule has 0 aliphatic rings. The Morgan fingerprint density at radius 3 is 2.60 bits per heavy atom. The van der Waals surface area contributed by atoms with Crippen molar-refractivity contribution in [1.29, 1.82) is 0 Å². The van der Waals surface area contributed by atoms with E-state index in [4.69, 9.17) is 0 Å². The summed E-state index contributed by atoms with van der Waals surface area (Å²) in [4.78, 5) is 0.956. The maximum atomic E-state index is 13.7. The molecule has 1 heterocycles. The third kappa shape index (κ3) is 3.19. The van der Waals surface area contributed by atoms with Crippen LogP contribution in [0.15, 0.2) is 18.2 Å². The Balaban J connectivity index is 2.27. The molecular weight excluding hydrogens is 280 g/mol. The van der Waals surface area contributed by atoms with E-state index in [0.717, 1.165) is 23.4 Å². The van der Waals surface area contributed by atoms with Crippen molar-refractivity contribution in [2.24, 2.45) is 0 Å². The molecule has 3 nitrogen and oxygen atoms in total. The van der Waals surface area contributed by atoms with Crippen molar-refractivity contribution < 1.29 is 8.78 Å². The first-order valence-corrected chi connectivity index (χ1v) is 7.36. The lowest BCUT2D eigenvalue weighted by molar-refractivity contribution is 0.516. The Kier molecular flexibility index (Phi) is 5.14. The number of hydrogen-bond donors (Lipinski definition) is 1. The lowest BCUT2D eigenvalue weighted by Crippen LogP contribution is -2.20. The van der Waals surface area contributed by atoms with Crippen LogP contribution in [0.5, 0.6) is 0 Å². The van der Waals surface area contributed by atoms with Crippen LogP contribution in [0.25, 0.3) is 0 Å². The molecule has 6 heteroatoms. The highest BCUT2D eigenvalue weighted by Crippen LogP contribution is 2.26. The van der Waals surface area contributed by atoms with E-state index in [1.807, 2.05) is 0 Å². The first-order chi connectivity index (χ1) is 9.67. The standard InChI is InChI=1S/C14H17F2N3S/c1-3-5-12-14(20-19-18-12)13(17-2)8-9-10(15)6-4-7-11(9)16/h4,6-7,13,17H,3,5,8H2,1-2H3. The minimum Gasteiger partial charge on any atom is -0.312 e. The van der Waals surface area contributed by atoms with Crippen molar-refractivity contribution in [3.63, 3.8) is 0 Å². The number of likely N-dealkylation sites (N-methyl/N-ethyl adjacent to an activating group) is 1. The van der Waals surface area contributed by atoms with Gasteiger partial charge < -0.3 is 5.32 Å². The quantitative estimate of drug-likeness (QED) is 0.889. The molecule has 0 saturated heterocycles. The maximum Gasteiger partial charge on any atom is 0.129 e. The van der Waals surface area contributed by atoms with E-state index in [-0.39, 0.29) is 18.0 Å². The van der Waals surface area contributed by atoms with Gasteiger partial charge in [0.1, 0.15) is 11.6 Å². The molecule has 2 aromatic rings. The molecule has 0 fully saturated rings. The summed E-state index contributed by atoms with van der Waals surface area (Å²) in [6, 6.07) is 3.76. The summed E-state index contributed by atoms with van der Waals surface area (Å²) in [5.41, 5.74) is 1.01. The van der Waals surface area contributed by atoms with Gasteiger partial charge in [-0.3, -0.25) is 0 Å². The molecule has 0 bridgehead atoms. The summed E-state index contributed by atoms with van der Waals surface area (Å²) in [5.74, 6) is -1.03. The van der Waals surface area contributed by atoms with Crippen LogP contribution >= 0.6 is 11.5 Å². The number of aryl methyl sites for hydroxylation is 1. The van der Waals surface area contributed by atoms with E-state index >= 15 is 0 Å². The van der Waals surface area contributed by atoms with Crippen LogP contribution in [0.2, 0.25) is 0 Å². The highest BCUT2D eigenvalue weighted by molar-refractivity contribution is 7.05. The highest BCUT2D eigenvalue weighted by atomic mass is 32.1. The first-order valence-electron chi connectivity index (χ1n) is 6.58. The second kappa shape index (κ2) is 6.85. The van der Waals surface area contributed by atoms with E-state index in [0.29, 0.717) is 0 Å². The normalized spacial score (nSPS) is 12.6. The van der Waals surface area contributed by atoms with Crippen LogP contribution < -0.4 is 5.32 Å². The zero-order valence-corrected chi connectivity index (χ0v) is 12.3. The summed E-state index contributed by atoms with van der Waals surface area (Å²) in [5, 5.41) is 7.21. The largest absolute Gasteiger partial charge is 0.312 e. The van der Waals surface area contributed by atoms with Gasteiger partial charge in [0.25, 0.3) is 0 Å². The lowest BCUT2D eigenvalue weighted by Gasteiger charge is -2.16. The second-order valence-corrected chi connectivity index (χ2v) is 5.37. The molecule has 0 radical (unpaired) electrons. The van der Waals surface area contributed by atoms with Crippen molar-refractivity contribution in [2.75, 3.05) is 7.05 Å². The van der Waals surface area contributed by atoms with Crippen molar-refractivity contribution in [1.82, 2.24) is 14.9 Å². The van der Waals surface area contributed by atoms with Crippen LogP contribution in [-0.4, -0.2) is 16.6 Å². The monoisotopic (exact) mass is 297 g/mol. The van der Waals surface area contributed by atoms with Crippen LogP contribution in [0.4, 0.5) is 8.78 Å². The molecule has 20 heavy (non-hydrogen) atoms. The summed E-state index contributed by atoms with van der Waals surface area (Å²) < 4.78 is 31.4. The fourth-order valence-electron chi connectivity index (χ4n) is 2.15. The third-order valence-electron chi connectivity index (χ3n) is 3.21. The average Bonchev–Trinajstić information content (AvgIpc) is 2.87. The predicted molar refractivity (Wildman–Crippen MR) is 75.8 cm³/mol. The SMILES string of the molecule is CCCc1nnsc1C(Cc1c(F)cccc1F)NC. The summed E-state index contributed by atoms with van der Waals surface area (Å²) in [7, 11) is 1.78. The van der Waals surface area contributed by atoms with Gasteiger partial charge in [-0.15, -0.1) is 5.10 Å². The Bertz CT molecular complexity index is 551. The molecule has 1 aromatic heterocycles. The molecule has 0 aliphatic heterocycles.